The van der Waals surface area contributed by atoms with Crippen molar-refractivity contribution in [3.63, 3.8) is 0 Å². The number of nitrogens with one attached hydrogen (secondary N) is 1. The Labute approximate surface area is 100 Å². The van der Waals surface area contributed by atoms with Gasteiger partial charge >= 0.3 is 17.1 Å². The van der Waals surface area contributed by atoms with Gasteiger partial charge in [-0.25, -0.2) is 4.79 Å². The van der Waals surface area contributed by atoms with E-state index in [1.54, 1.807) is 0 Å². The average Bonchev–Trinajstić information content (AvgIpc) is 2.36. The lowest BCUT2D eigenvalue weighted by Gasteiger charge is -2.06. The molecule has 2 N–H and O–H groups in total. The summed E-state index contributed by atoms with van der Waals surface area (Å²) in [5, 5.41) is 8.50. The van der Waals surface area contributed by atoms with Gasteiger partial charge in [0.1, 0.15) is 0 Å². The summed E-state index contributed by atoms with van der Waals surface area (Å²) < 4.78 is 5.57. The van der Waals surface area contributed by atoms with Crippen LogP contribution in [-0.2, 0) is 11.8 Å². The SMILES string of the molecule is Cn1c(=O)c(=O)[nH]c2ccc(C(=O)OCO)cc21. The van der Waals surface area contributed by atoms with Gasteiger partial charge in [0.25, 0.3) is 0 Å². The second kappa shape index (κ2) is 4.46. The van der Waals surface area contributed by atoms with Gasteiger partial charge in [0, 0.05) is 7.05 Å². The van der Waals surface area contributed by atoms with Crippen LogP contribution in [0.4, 0.5) is 0 Å². The zero-order valence-electron chi connectivity index (χ0n) is 9.47. The Hall–Kier alpha value is -2.41. The topological polar surface area (TPSA) is 101 Å². The average molecular weight is 250 g/mol. The maximum absolute atomic E-state index is 11.5. The zero-order valence-corrected chi connectivity index (χ0v) is 9.47. The number of aliphatic hydroxyl groups is 1. The molecule has 7 nitrogen and oxygen atoms in total. The van der Waals surface area contributed by atoms with E-state index in [1.807, 2.05) is 0 Å². The number of rotatable bonds is 2. The molecular weight excluding hydrogens is 240 g/mol. The summed E-state index contributed by atoms with van der Waals surface area (Å²) in [6.07, 6.45) is 0. The lowest BCUT2D eigenvalue weighted by atomic mass is 10.2. The Morgan fingerprint density at radius 3 is 2.83 bits per heavy atom. The Balaban J connectivity index is 2.68. The van der Waals surface area contributed by atoms with Gasteiger partial charge in [-0.2, -0.15) is 0 Å². The van der Waals surface area contributed by atoms with Crippen molar-refractivity contribution in [3.05, 3.63) is 44.5 Å². The third-order valence-electron chi connectivity index (χ3n) is 2.54. The second-order valence-electron chi connectivity index (χ2n) is 3.61. The number of ether oxygens (including phenoxy) is 1. The molecule has 94 valence electrons. The molecule has 0 radical (unpaired) electrons. The fourth-order valence-corrected chi connectivity index (χ4v) is 1.62. The highest BCUT2D eigenvalue weighted by Crippen LogP contribution is 2.11. The monoisotopic (exact) mass is 250 g/mol. The molecule has 0 saturated heterocycles. The fraction of sp³-hybridized carbons (Fsp3) is 0.182. The van der Waals surface area contributed by atoms with Crippen LogP contribution in [0.3, 0.4) is 0 Å². The van der Waals surface area contributed by atoms with Crippen molar-refractivity contribution >= 4 is 17.0 Å². The van der Waals surface area contributed by atoms with E-state index in [1.165, 1.54) is 25.2 Å². The van der Waals surface area contributed by atoms with Crippen LogP contribution in [0.2, 0.25) is 0 Å². The number of carbonyl (C=O) groups excluding carboxylic acids is 1. The van der Waals surface area contributed by atoms with Crippen LogP contribution in [0.15, 0.2) is 27.8 Å². The van der Waals surface area contributed by atoms with Gasteiger partial charge in [0.2, 0.25) is 0 Å². The van der Waals surface area contributed by atoms with Crippen molar-refractivity contribution < 1.29 is 14.6 Å². The first-order chi connectivity index (χ1) is 8.54. The molecule has 0 spiro atoms. The molecule has 0 aliphatic carbocycles. The van der Waals surface area contributed by atoms with Crippen molar-refractivity contribution in [2.75, 3.05) is 6.79 Å². The quantitative estimate of drug-likeness (QED) is 0.418. The Morgan fingerprint density at radius 1 is 1.44 bits per heavy atom. The van der Waals surface area contributed by atoms with Gasteiger partial charge in [0.05, 0.1) is 16.6 Å². The minimum absolute atomic E-state index is 0.179. The number of aromatic nitrogens is 2. The van der Waals surface area contributed by atoms with Gasteiger partial charge in [-0.1, -0.05) is 0 Å². The first kappa shape index (κ1) is 12.1. The number of H-pyrrole nitrogens is 1. The summed E-state index contributed by atoms with van der Waals surface area (Å²) in [6, 6.07) is 4.33. The van der Waals surface area contributed by atoms with E-state index in [9.17, 15) is 14.4 Å². The molecule has 1 heterocycles. The lowest BCUT2D eigenvalue weighted by molar-refractivity contribution is 0.00685. The van der Waals surface area contributed by atoms with Crippen molar-refractivity contribution in [1.29, 1.82) is 0 Å². The molecule has 0 unspecified atom stereocenters. The van der Waals surface area contributed by atoms with Crippen LogP contribution in [0, 0.1) is 0 Å². The molecule has 18 heavy (non-hydrogen) atoms. The highest BCUT2D eigenvalue weighted by atomic mass is 16.6. The molecular formula is C11H10N2O5. The number of carbonyl (C=O) groups is 1. The van der Waals surface area contributed by atoms with Crippen LogP contribution in [0.1, 0.15) is 10.4 Å². The van der Waals surface area contributed by atoms with Crippen LogP contribution >= 0.6 is 0 Å². The standard InChI is InChI=1S/C11H10N2O5/c1-13-8-4-6(11(17)18-5-14)2-3-7(8)12-9(15)10(13)16/h2-4,14H,5H2,1H3,(H,12,15). The van der Waals surface area contributed by atoms with Crippen molar-refractivity contribution in [2.45, 2.75) is 0 Å². The number of aryl methyl sites for hydroxylation is 1. The summed E-state index contributed by atoms with van der Waals surface area (Å²) in [4.78, 5) is 36.5. The number of aromatic amines is 1. The van der Waals surface area contributed by atoms with Crippen LogP contribution in [0.5, 0.6) is 0 Å². The summed E-state index contributed by atoms with van der Waals surface area (Å²) in [5.74, 6) is -0.710. The molecule has 0 bridgehead atoms. The normalized spacial score (nSPS) is 10.6. The van der Waals surface area contributed by atoms with Gasteiger partial charge < -0.3 is 19.4 Å². The molecule has 2 aromatic rings. The number of benzene rings is 1. The third kappa shape index (κ3) is 1.91. The molecule has 0 amide bonds. The Morgan fingerprint density at radius 2 is 2.17 bits per heavy atom. The maximum Gasteiger partial charge on any atom is 0.340 e. The Kier molecular flexibility index (Phi) is 2.99. The smallest absolute Gasteiger partial charge is 0.340 e. The maximum atomic E-state index is 11.5. The van der Waals surface area contributed by atoms with Crippen LogP contribution < -0.4 is 11.1 Å². The first-order valence-corrected chi connectivity index (χ1v) is 5.05. The predicted molar refractivity (Wildman–Crippen MR) is 62.3 cm³/mol. The van der Waals surface area contributed by atoms with E-state index >= 15 is 0 Å². The molecule has 0 saturated carbocycles. The second-order valence-corrected chi connectivity index (χ2v) is 3.61. The van der Waals surface area contributed by atoms with E-state index in [4.69, 9.17) is 5.11 Å². The minimum Gasteiger partial charge on any atom is -0.435 e. The van der Waals surface area contributed by atoms with E-state index < -0.39 is 23.9 Å². The highest BCUT2D eigenvalue weighted by Gasteiger charge is 2.10. The van der Waals surface area contributed by atoms with Crippen LogP contribution in [0.25, 0.3) is 11.0 Å². The molecule has 0 aliphatic heterocycles. The molecule has 1 aromatic heterocycles. The molecule has 2 rings (SSSR count). The van der Waals surface area contributed by atoms with Gasteiger partial charge in [-0.05, 0) is 18.2 Å². The number of aliphatic hydroxyl groups excluding tert-OH is 1. The minimum atomic E-state index is -0.726. The lowest BCUT2D eigenvalue weighted by Crippen LogP contribution is -2.34. The van der Waals surface area contributed by atoms with E-state index in [2.05, 4.69) is 9.72 Å². The summed E-state index contributed by atoms with van der Waals surface area (Å²) in [7, 11) is 1.43. The third-order valence-corrected chi connectivity index (χ3v) is 2.54. The van der Waals surface area contributed by atoms with Gasteiger partial charge in [-0.3, -0.25) is 9.59 Å². The van der Waals surface area contributed by atoms with Crippen molar-refractivity contribution in [2.24, 2.45) is 7.05 Å². The summed E-state index contributed by atoms with van der Waals surface area (Å²) in [6.45, 7) is -0.721. The van der Waals surface area contributed by atoms with E-state index in [0.29, 0.717) is 11.0 Å². The largest absolute Gasteiger partial charge is 0.435 e. The molecule has 7 heteroatoms. The number of fused-ring (bicyclic) bond motifs is 1. The van der Waals surface area contributed by atoms with Gasteiger partial charge in [0.15, 0.2) is 6.79 Å². The predicted octanol–water partition coefficient (Wildman–Crippen LogP) is -0.667. The van der Waals surface area contributed by atoms with Crippen LogP contribution in [-0.4, -0.2) is 27.4 Å². The highest BCUT2D eigenvalue weighted by molar-refractivity contribution is 5.93. The zero-order chi connectivity index (χ0) is 13.3. The Bertz CT molecular complexity index is 728. The van der Waals surface area contributed by atoms with Crippen molar-refractivity contribution in [3.8, 4) is 0 Å². The summed E-state index contributed by atoms with van der Waals surface area (Å²) >= 11 is 0. The van der Waals surface area contributed by atoms with Gasteiger partial charge in [-0.15, -0.1) is 0 Å². The van der Waals surface area contributed by atoms with E-state index in [-0.39, 0.29) is 5.56 Å². The number of nitrogens with zero attached hydrogens (tertiary/aromatic N) is 1. The molecule has 0 atom stereocenters. The van der Waals surface area contributed by atoms with Crippen molar-refractivity contribution in [1.82, 2.24) is 9.55 Å². The molecule has 1 aromatic carbocycles. The first-order valence-electron chi connectivity index (χ1n) is 5.05. The number of hydrogen-bond donors (Lipinski definition) is 2. The summed E-state index contributed by atoms with van der Waals surface area (Å²) in [5.41, 5.74) is -0.431. The van der Waals surface area contributed by atoms with E-state index in [0.717, 1.165) is 4.57 Å². The number of esters is 1. The fourth-order valence-electron chi connectivity index (χ4n) is 1.62. The molecule has 0 fully saturated rings. The number of hydrogen-bond acceptors (Lipinski definition) is 5. The molecule has 0 aliphatic rings.